The van der Waals surface area contributed by atoms with E-state index in [9.17, 15) is 33.3 Å². The number of carbonyl (C=O) groups excluding carboxylic acids is 1. The van der Waals surface area contributed by atoms with Crippen LogP contribution in [0, 0.1) is 21.4 Å². The monoisotopic (exact) mass is 470 g/mol. The summed E-state index contributed by atoms with van der Waals surface area (Å²) in [5.41, 5.74) is -1.50. The topological polar surface area (TPSA) is 118 Å². The lowest BCUT2D eigenvalue weighted by Crippen LogP contribution is -2.17. The first kappa shape index (κ1) is 24.2. The van der Waals surface area contributed by atoms with E-state index in [1.54, 1.807) is 26.0 Å². The van der Waals surface area contributed by atoms with E-state index in [0.717, 1.165) is 36.5 Å². The SMILES string of the molecule is CC(C)(C#N)c1cccc(C(=O)Nc2ccc(C(F)(F)F)c(Oc3ccc([N+](=O)[O-])cn3)c2)c1. The number of benzene rings is 2. The van der Waals surface area contributed by atoms with Gasteiger partial charge in [-0.05, 0) is 43.7 Å². The summed E-state index contributed by atoms with van der Waals surface area (Å²) in [5, 5.41) is 22.5. The van der Waals surface area contributed by atoms with Gasteiger partial charge in [0.25, 0.3) is 11.6 Å². The fourth-order valence-corrected chi connectivity index (χ4v) is 2.89. The van der Waals surface area contributed by atoms with E-state index in [2.05, 4.69) is 16.4 Å². The standard InChI is InChI=1S/C23H17F3N4O4/c1-22(2,13-27)15-5-3-4-14(10-15)21(31)29-16-6-8-18(23(24,25)26)19(11-16)34-20-9-7-17(12-28-20)30(32)33/h3-12H,1-2H3,(H,29,31). The summed E-state index contributed by atoms with van der Waals surface area (Å²) in [5.74, 6) is -1.55. The number of nitrogens with zero attached hydrogens (tertiary/aromatic N) is 3. The van der Waals surface area contributed by atoms with Crippen LogP contribution in [0.15, 0.2) is 60.8 Å². The Morgan fingerprint density at radius 2 is 1.88 bits per heavy atom. The summed E-state index contributed by atoms with van der Waals surface area (Å²) in [6, 6.07) is 13.4. The van der Waals surface area contributed by atoms with E-state index in [1.807, 2.05) is 0 Å². The number of ether oxygens (including phenoxy) is 1. The highest BCUT2D eigenvalue weighted by Gasteiger charge is 2.35. The van der Waals surface area contributed by atoms with Gasteiger partial charge in [0, 0.05) is 29.4 Å². The predicted octanol–water partition coefficient (Wildman–Crippen LogP) is 5.85. The number of halogens is 3. The zero-order valence-corrected chi connectivity index (χ0v) is 17.9. The highest BCUT2D eigenvalue weighted by atomic mass is 19.4. The molecule has 0 bridgehead atoms. The molecule has 0 fully saturated rings. The lowest BCUT2D eigenvalue weighted by Gasteiger charge is -2.17. The molecule has 1 heterocycles. The molecule has 0 aliphatic rings. The number of alkyl halides is 3. The van der Waals surface area contributed by atoms with Crippen molar-refractivity contribution in [2.45, 2.75) is 25.4 Å². The molecular weight excluding hydrogens is 453 g/mol. The Morgan fingerprint density at radius 1 is 1.15 bits per heavy atom. The average Bonchev–Trinajstić information content (AvgIpc) is 2.79. The van der Waals surface area contributed by atoms with E-state index < -0.39 is 33.7 Å². The van der Waals surface area contributed by atoms with Crippen molar-refractivity contribution in [3.8, 4) is 17.7 Å². The first-order valence-electron chi connectivity index (χ1n) is 9.73. The second-order valence-electron chi connectivity index (χ2n) is 7.69. The van der Waals surface area contributed by atoms with Gasteiger partial charge in [0.1, 0.15) is 11.9 Å². The van der Waals surface area contributed by atoms with E-state index in [1.165, 1.54) is 12.1 Å². The molecule has 1 amide bonds. The number of nitrogens with one attached hydrogen (secondary N) is 1. The number of carbonyl (C=O) groups is 1. The van der Waals surface area contributed by atoms with Gasteiger partial charge in [0.2, 0.25) is 5.88 Å². The summed E-state index contributed by atoms with van der Waals surface area (Å²) in [6.07, 6.45) is -3.92. The third-order valence-electron chi connectivity index (χ3n) is 4.82. The van der Waals surface area contributed by atoms with Gasteiger partial charge in [-0.25, -0.2) is 4.98 Å². The maximum absolute atomic E-state index is 13.5. The molecule has 1 aromatic heterocycles. The molecule has 3 aromatic rings. The normalized spacial score (nSPS) is 11.4. The maximum Gasteiger partial charge on any atom is 0.419 e. The fraction of sp³-hybridized carbons (Fsp3) is 0.174. The smallest absolute Gasteiger partial charge is 0.419 e. The minimum Gasteiger partial charge on any atom is -0.438 e. The second kappa shape index (κ2) is 9.19. The molecule has 0 unspecified atom stereocenters. The Balaban J connectivity index is 1.90. The molecule has 0 saturated heterocycles. The Bertz CT molecular complexity index is 1280. The number of nitro groups is 1. The molecule has 2 aromatic carbocycles. The van der Waals surface area contributed by atoms with Crippen LogP contribution < -0.4 is 10.1 Å². The molecule has 0 atom stereocenters. The van der Waals surface area contributed by atoms with Gasteiger partial charge in [-0.2, -0.15) is 18.4 Å². The van der Waals surface area contributed by atoms with Crippen molar-refractivity contribution in [2.24, 2.45) is 0 Å². The molecule has 11 heteroatoms. The van der Waals surface area contributed by atoms with Gasteiger partial charge < -0.3 is 10.1 Å². The minimum atomic E-state index is -4.77. The number of aromatic nitrogens is 1. The second-order valence-corrected chi connectivity index (χ2v) is 7.69. The van der Waals surface area contributed by atoms with Crippen LogP contribution >= 0.6 is 0 Å². The van der Waals surface area contributed by atoms with E-state index in [-0.39, 0.29) is 22.8 Å². The van der Waals surface area contributed by atoms with Crippen molar-refractivity contribution < 1.29 is 27.6 Å². The predicted molar refractivity (Wildman–Crippen MR) is 115 cm³/mol. The van der Waals surface area contributed by atoms with Crippen LogP contribution in [0.2, 0.25) is 0 Å². The van der Waals surface area contributed by atoms with Crippen molar-refractivity contribution in [3.05, 3.63) is 87.6 Å². The summed E-state index contributed by atoms with van der Waals surface area (Å²) in [6.45, 7) is 3.38. The van der Waals surface area contributed by atoms with Crippen LogP contribution in [0.3, 0.4) is 0 Å². The molecule has 0 radical (unpaired) electrons. The lowest BCUT2D eigenvalue weighted by atomic mass is 9.85. The largest absolute Gasteiger partial charge is 0.438 e. The summed E-state index contributed by atoms with van der Waals surface area (Å²) < 4.78 is 45.6. The van der Waals surface area contributed by atoms with Crippen LogP contribution in [-0.4, -0.2) is 15.8 Å². The van der Waals surface area contributed by atoms with Gasteiger partial charge in [-0.3, -0.25) is 14.9 Å². The zero-order valence-electron chi connectivity index (χ0n) is 17.9. The highest BCUT2D eigenvalue weighted by molar-refractivity contribution is 6.04. The van der Waals surface area contributed by atoms with Crippen LogP contribution in [-0.2, 0) is 11.6 Å². The maximum atomic E-state index is 13.5. The van der Waals surface area contributed by atoms with Gasteiger partial charge in [0.05, 0.1) is 22.0 Å². The third kappa shape index (κ3) is 5.47. The van der Waals surface area contributed by atoms with Crippen molar-refractivity contribution in [2.75, 3.05) is 5.32 Å². The molecule has 174 valence electrons. The van der Waals surface area contributed by atoms with E-state index in [4.69, 9.17) is 4.74 Å². The lowest BCUT2D eigenvalue weighted by molar-refractivity contribution is -0.385. The number of hydrogen-bond acceptors (Lipinski definition) is 6. The average molecular weight is 470 g/mol. The molecule has 34 heavy (non-hydrogen) atoms. The van der Waals surface area contributed by atoms with Crippen LogP contribution in [0.4, 0.5) is 24.5 Å². The van der Waals surface area contributed by atoms with Gasteiger partial charge in [-0.1, -0.05) is 12.1 Å². The van der Waals surface area contributed by atoms with E-state index >= 15 is 0 Å². The Kier molecular flexibility index (Phi) is 6.54. The Hall–Kier alpha value is -4.46. The summed E-state index contributed by atoms with van der Waals surface area (Å²) in [7, 11) is 0. The first-order valence-corrected chi connectivity index (χ1v) is 9.73. The van der Waals surface area contributed by atoms with Crippen LogP contribution in [0.1, 0.15) is 35.3 Å². The molecule has 1 N–H and O–H groups in total. The van der Waals surface area contributed by atoms with Gasteiger partial charge in [-0.15, -0.1) is 0 Å². The van der Waals surface area contributed by atoms with Crippen molar-refractivity contribution in [1.82, 2.24) is 4.98 Å². The number of amides is 1. The molecule has 0 spiro atoms. The molecule has 0 aliphatic heterocycles. The highest BCUT2D eigenvalue weighted by Crippen LogP contribution is 2.39. The van der Waals surface area contributed by atoms with Crippen molar-refractivity contribution in [3.63, 3.8) is 0 Å². The zero-order chi connectivity index (χ0) is 25.1. The Morgan fingerprint density at radius 3 is 2.47 bits per heavy atom. The number of pyridine rings is 1. The molecular formula is C23H17F3N4O4. The quantitative estimate of drug-likeness (QED) is 0.356. The molecule has 3 rings (SSSR count). The third-order valence-corrected chi connectivity index (χ3v) is 4.82. The Labute approximate surface area is 191 Å². The van der Waals surface area contributed by atoms with Crippen molar-refractivity contribution >= 4 is 17.3 Å². The molecule has 8 nitrogen and oxygen atoms in total. The summed E-state index contributed by atoms with van der Waals surface area (Å²) >= 11 is 0. The summed E-state index contributed by atoms with van der Waals surface area (Å²) in [4.78, 5) is 26.4. The number of rotatable bonds is 6. The van der Waals surface area contributed by atoms with Crippen molar-refractivity contribution in [1.29, 1.82) is 5.26 Å². The number of nitriles is 1. The fourth-order valence-electron chi connectivity index (χ4n) is 2.89. The van der Waals surface area contributed by atoms with E-state index in [0.29, 0.717) is 5.56 Å². The van der Waals surface area contributed by atoms with Gasteiger partial charge in [0.15, 0.2) is 0 Å². The number of hydrogen-bond donors (Lipinski definition) is 1. The van der Waals surface area contributed by atoms with Gasteiger partial charge >= 0.3 is 6.18 Å². The molecule has 0 aliphatic carbocycles. The number of anilines is 1. The first-order chi connectivity index (χ1) is 15.9. The van der Waals surface area contributed by atoms with Crippen LogP contribution in [0.5, 0.6) is 11.6 Å². The van der Waals surface area contributed by atoms with Crippen LogP contribution in [0.25, 0.3) is 0 Å². The molecule has 0 saturated carbocycles. The minimum absolute atomic E-state index is 0.0138.